The predicted molar refractivity (Wildman–Crippen MR) is 67.4 cm³/mol. The molecule has 2 atom stereocenters. The third kappa shape index (κ3) is 3.47. The van der Waals surface area contributed by atoms with Crippen LogP contribution in [0.15, 0.2) is 18.2 Å². The zero-order valence-electron chi connectivity index (χ0n) is 11.3. The highest BCUT2D eigenvalue weighted by Crippen LogP contribution is 2.38. The van der Waals surface area contributed by atoms with Gasteiger partial charge in [0, 0.05) is 17.5 Å². The molecule has 2 unspecified atom stereocenters. The fourth-order valence-corrected chi connectivity index (χ4v) is 2.34. The van der Waals surface area contributed by atoms with Gasteiger partial charge in [-0.25, -0.2) is 0 Å². The summed E-state index contributed by atoms with van der Waals surface area (Å²) in [5, 5.41) is 20.7. The van der Waals surface area contributed by atoms with Crippen molar-refractivity contribution in [3.63, 3.8) is 0 Å². The first-order chi connectivity index (χ1) is 9.05. The first-order valence-corrected chi connectivity index (χ1v) is 6.09. The normalized spacial score (nSPS) is 15.2. The van der Waals surface area contributed by atoms with E-state index in [1.54, 1.807) is 13.8 Å². The number of aliphatic hydroxyl groups excluding tert-OH is 1. The van der Waals surface area contributed by atoms with Crippen LogP contribution in [-0.4, -0.2) is 16.1 Å². The van der Waals surface area contributed by atoms with Crippen molar-refractivity contribution < 1.29 is 23.2 Å². The van der Waals surface area contributed by atoms with Gasteiger partial charge in [-0.05, 0) is 18.9 Å². The standard InChI is InChI=1S/C13H16F3NO3/c1-7(2)12(8(3)18)10-5-4-9(13(14,15)16)6-11(10)17(19)20/h4-8,12,18H,1-3H3. The fourth-order valence-electron chi connectivity index (χ4n) is 2.34. The number of nitro groups is 1. The van der Waals surface area contributed by atoms with Crippen molar-refractivity contribution in [3.05, 3.63) is 39.4 Å². The monoisotopic (exact) mass is 291 g/mol. The number of hydrogen-bond acceptors (Lipinski definition) is 3. The molecule has 0 bridgehead atoms. The predicted octanol–water partition coefficient (Wildman–Crippen LogP) is 3.73. The fraction of sp³-hybridized carbons (Fsp3) is 0.538. The minimum atomic E-state index is -4.64. The minimum absolute atomic E-state index is 0.119. The van der Waals surface area contributed by atoms with E-state index in [4.69, 9.17) is 0 Å². The van der Waals surface area contributed by atoms with Gasteiger partial charge in [-0.15, -0.1) is 0 Å². The van der Waals surface area contributed by atoms with E-state index in [1.807, 2.05) is 0 Å². The Kier molecular flexibility index (Phi) is 4.75. The lowest BCUT2D eigenvalue weighted by Crippen LogP contribution is -2.21. The Bertz CT molecular complexity index is 490. The van der Waals surface area contributed by atoms with Gasteiger partial charge in [0.15, 0.2) is 0 Å². The molecule has 1 aromatic carbocycles. The number of benzene rings is 1. The van der Waals surface area contributed by atoms with E-state index in [1.165, 1.54) is 6.92 Å². The molecule has 112 valence electrons. The summed E-state index contributed by atoms with van der Waals surface area (Å²) in [4.78, 5) is 10.2. The van der Waals surface area contributed by atoms with Gasteiger partial charge < -0.3 is 5.11 Å². The molecule has 0 aliphatic carbocycles. The summed E-state index contributed by atoms with van der Waals surface area (Å²) >= 11 is 0. The average Bonchev–Trinajstić information content (AvgIpc) is 2.26. The number of halogens is 3. The zero-order chi connectivity index (χ0) is 15.7. The first kappa shape index (κ1) is 16.4. The molecule has 4 nitrogen and oxygen atoms in total. The lowest BCUT2D eigenvalue weighted by atomic mass is 9.83. The van der Waals surface area contributed by atoms with Gasteiger partial charge in [0.05, 0.1) is 16.6 Å². The second kappa shape index (κ2) is 5.78. The van der Waals surface area contributed by atoms with Gasteiger partial charge in [0.25, 0.3) is 5.69 Å². The molecule has 1 rings (SSSR count). The average molecular weight is 291 g/mol. The summed E-state index contributed by atoms with van der Waals surface area (Å²) in [7, 11) is 0. The number of alkyl halides is 3. The largest absolute Gasteiger partial charge is 0.416 e. The maximum absolute atomic E-state index is 12.6. The van der Waals surface area contributed by atoms with Crippen LogP contribution < -0.4 is 0 Å². The van der Waals surface area contributed by atoms with Crippen LogP contribution >= 0.6 is 0 Å². The maximum atomic E-state index is 12.6. The Balaban J connectivity index is 3.44. The van der Waals surface area contributed by atoms with Crippen LogP contribution in [0.25, 0.3) is 0 Å². The number of hydrogen-bond donors (Lipinski definition) is 1. The second-order valence-corrected chi connectivity index (χ2v) is 5.04. The van der Waals surface area contributed by atoms with E-state index in [0.717, 1.165) is 12.1 Å². The molecule has 7 heteroatoms. The van der Waals surface area contributed by atoms with E-state index in [-0.39, 0.29) is 11.5 Å². The Hall–Kier alpha value is -1.63. The Morgan fingerprint density at radius 3 is 2.15 bits per heavy atom. The minimum Gasteiger partial charge on any atom is -0.393 e. The third-order valence-electron chi connectivity index (χ3n) is 3.15. The Labute approximate surface area is 114 Å². The van der Waals surface area contributed by atoms with E-state index in [9.17, 15) is 28.4 Å². The zero-order valence-corrected chi connectivity index (χ0v) is 11.3. The summed E-state index contributed by atoms with van der Waals surface area (Å²) < 4.78 is 37.8. The highest BCUT2D eigenvalue weighted by atomic mass is 19.4. The molecule has 20 heavy (non-hydrogen) atoms. The van der Waals surface area contributed by atoms with Crippen LogP contribution in [0, 0.1) is 16.0 Å². The topological polar surface area (TPSA) is 63.4 Å². The number of nitro benzene ring substituents is 1. The van der Waals surface area contributed by atoms with Crippen LogP contribution in [0.2, 0.25) is 0 Å². The van der Waals surface area contributed by atoms with Crippen LogP contribution in [0.5, 0.6) is 0 Å². The second-order valence-electron chi connectivity index (χ2n) is 5.04. The summed E-state index contributed by atoms with van der Waals surface area (Å²) in [5.74, 6) is -0.747. The van der Waals surface area contributed by atoms with Crippen LogP contribution in [-0.2, 0) is 6.18 Å². The number of nitrogens with zero attached hydrogens (tertiary/aromatic N) is 1. The Morgan fingerprint density at radius 1 is 1.25 bits per heavy atom. The molecule has 0 spiro atoms. The van der Waals surface area contributed by atoms with Crippen molar-refractivity contribution in [3.8, 4) is 0 Å². The summed E-state index contributed by atoms with van der Waals surface area (Å²) in [6.07, 6.45) is -5.54. The molecule has 0 aliphatic rings. The van der Waals surface area contributed by atoms with Gasteiger partial charge in [-0.1, -0.05) is 19.9 Å². The van der Waals surface area contributed by atoms with E-state index in [0.29, 0.717) is 6.07 Å². The molecule has 1 N–H and O–H groups in total. The molecular weight excluding hydrogens is 275 g/mol. The summed E-state index contributed by atoms with van der Waals surface area (Å²) in [6.45, 7) is 4.96. The van der Waals surface area contributed by atoms with Crippen LogP contribution in [0.4, 0.5) is 18.9 Å². The molecular formula is C13H16F3NO3. The molecule has 0 saturated carbocycles. The summed E-state index contributed by atoms with van der Waals surface area (Å²) in [5.41, 5.74) is -1.56. The molecule has 0 aromatic heterocycles. The van der Waals surface area contributed by atoms with E-state index in [2.05, 4.69) is 0 Å². The molecule has 0 heterocycles. The van der Waals surface area contributed by atoms with Gasteiger partial charge in [-0.2, -0.15) is 13.2 Å². The third-order valence-corrected chi connectivity index (χ3v) is 3.15. The molecule has 1 aromatic rings. The van der Waals surface area contributed by atoms with Crippen LogP contribution in [0.3, 0.4) is 0 Å². The SMILES string of the molecule is CC(C)C(c1ccc(C(F)(F)F)cc1[N+](=O)[O-])C(C)O. The van der Waals surface area contributed by atoms with E-state index >= 15 is 0 Å². The lowest BCUT2D eigenvalue weighted by Gasteiger charge is -2.24. The quantitative estimate of drug-likeness (QED) is 0.679. The van der Waals surface area contributed by atoms with Gasteiger partial charge in [0.1, 0.15) is 0 Å². The van der Waals surface area contributed by atoms with Crippen molar-refractivity contribution in [1.29, 1.82) is 0 Å². The molecule has 0 radical (unpaired) electrons. The van der Waals surface area contributed by atoms with Crippen molar-refractivity contribution in [2.75, 3.05) is 0 Å². The van der Waals surface area contributed by atoms with E-state index < -0.39 is 34.4 Å². The first-order valence-electron chi connectivity index (χ1n) is 6.09. The van der Waals surface area contributed by atoms with Crippen LogP contribution in [0.1, 0.15) is 37.8 Å². The van der Waals surface area contributed by atoms with Crippen molar-refractivity contribution in [1.82, 2.24) is 0 Å². The highest BCUT2D eigenvalue weighted by molar-refractivity contribution is 5.47. The van der Waals surface area contributed by atoms with Gasteiger partial charge in [0.2, 0.25) is 0 Å². The summed E-state index contributed by atoms with van der Waals surface area (Å²) in [6, 6.07) is 2.41. The lowest BCUT2D eigenvalue weighted by molar-refractivity contribution is -0.386. The molecule has 0 aliphatic heterocycles. The Morgan fingerprint density at radius 2 is 1.80 bits per heavy atom. The maximum Gasteiger partial charge on any atom is 0.416 e. The van der Waals surface area contributed by atoms with Gasteiger partial charge >= 0.3 is 6.18 Å². The van der Waals surface area contributed by atoms with Crippen molar-refractivity contribution >= 4 is 5.69 Å². The molecule has 0 fully saturated rings. The molecule has 0 amide bonds. The van der Waals surface area contributed by atoms with Crippen molar-refractivity contribution in [2.45, 2.75) is 39.0 Å². The highest BCUT2D eigenvalue weighted by Gasteiger charge is 2.35. The molecule has 0 saturated heterocycles. The smallest absolute Gasteiger partial charge is 0.393 e. The number of rotatable bonds is 4. The number of aliphatic hydroxyl groups is 1. The van der Waals surface area contributed by atoms with Gasteiger partial charge in [-0.3, -0.25) is 10.1 Å². The van der Waals surface area contributed by atoms with Crippen molar-refractivity contribution in [2.24, 2.45) is 5.92 Å².